The topological polar surface area (TPSA) is 194 Å². The van der Waals surface area contributed by atoms with E-state index in [9.17, 15) is 28.8 Å². The Labute approximate surface area is 330 Å². The number of pyridine rings is 1. The normalized spacial score (nSPS) is 16.1. The number of carbonyl (C=O) groups is 6. The highest BCUT2D eigenvalue weighted by Crippen LogP contribution is 2.38. The zero-order valence-electron chi connectivity index (χ0n) is 32.9. The van der Waals surface area contributed by atoms with Crippen molar-refractivity contribution in [1.82, 2.24) is 24.6 Å². The van der Waals surface area contributed by atoms with Crippen LogP contribution in [0.2, 0.25) is 0 Å². The van der Waals surface area contributed by atoms with Gasteiger partial charge in [0.05, 0.1) is 37.5 Å². The van der Waals surface area contributed by atoms with E-state index in [1.54, 1.807) is 48.9 Å². The average molecular weight is 788 g/mol. The molecule has 3 aliphatic rings. The van der Waals surface area contributed by atoms with Crippen LogP contribution in [0.3, 0.4) is 0 Å². The molecule has 16 nitrogen and oxygen atoms in total. The minimum Gasteiger partial charge on any atom is -0.496 e. The number of rotatable bonds is 14. The molecule has 4 heterocycles. The number of hydrogen-bond acceptors (Lipinski definition) is 11. The lowest BCUT2D eigenvalue weighted by molar-refractivity contribution is -0.136. The third-order valence-electron chi connectivity index (χ3n) is 10.3. The number of carboxylic acid groups (broad SMARTS) is 1. The van der Waals surface area contributed by atoms with Crippen molar-refractivity contribution in [3.8, 4) is 22.6 Å². The summed E-state index contributed by atoms with van der Waals surface area (Å²) < 4.78 is 18.9. The van der Waals surface area contributed by atoms with E-state index in [0.717, 1.165) is 27.2 Å². The summed E-state index contributed by atoms with van der Waals surface area (Å²) in [4.78, 5) is 90.2. The van der Waals surface area contributed by atoms with Crippen molar-refractivity contribution in [2.24, 2.45) is 7.05 Å². The highest BCUT2D eigenvalue weighted by Gasteiger charge is 2.45. The summed E-state index contributed by atoms with van der Waals surface area (Å²) in [6, 6.07) is 8.03. The third kappa shape index (κ3) is 9.24. The summed E-state index contributed by atoms with van der Waals surface area (Å²) >= 11 is 0. The number of imide groups is 2. The van der Waals surface area contributed by atoms with Crippen molar-refractivity contribution in [2.45, 2.75) is 64.1 Å². The monoisotopic (exact) mass is 787 g/mol. The van der Waals surface area contributed by atoms with Crippen molar-refractivity contribution >= 4 is 36.0 Å². The molecule has 5 amide bonds. The molecule has 0 radical (unpaired) electrons. The van der Waals surface area contributed by atoms with E-state index in [1.165, 1.54) is 0 Å². The van der Waals surface area contributed by atoms with Crippen LogP contribution in [0.5, 0.6) is 11.5 Å². The lowest BCUT2D eigenvalue weighted by atomic mass is 9.91. The zero-order valence-corrected chi connectivity index (χ0v) is 32.9. The Balaban J connectivity index is 0.00000200. The highest BCUT2D eigenvalue weighted by atomic mass is 16.5. The summed E-state index contributed by atoms with van der Waals surface area (Å²) in [6.07, 6.45) is 4.38. The fourth-order valence-electron chi connectivity index (χ4n) is 7.62. The summed E-state index contributed by atoms with van der Waals surface area (Å²) in [5.74, 6) is -0.763. The second-order valence-corrected chi connectivity index (χ2v) is 14.3. The fraction of sp³-hybridized carbons (Fsp3) is 0.439. The molecule has 3 aliphatic heterocycles. The summed E-state index contributed by atoms with van der Waals surface area (Å²) in [7, 11) is 8.94. The Hall–Kier alpha value is -5.87. The van der Waals surface area contributed by atoms with Crippen molar-refractivity contribution in [3.05, 3.63) is 80.3 Å². The molecule has 16 heteroatoms. The molecule has 0 spiro atoms. The molecule has 2 N–H and O–H groups in total. The second-order valence-electron chi connectivity index (χ2n) is 14.3. The van der Waals surface area contributed by atoms with Crippen LogP contribution in [0.25, 0.3) is 11.1 Å². The van der Waals surface area contributed by atoms with Gasteiger partial charge in [-0.15, -0.1) is 0 Å². The maximum absolute atomic E-state index is 13.3. The summed E-state index contributed by atoms with van der Waals surface area (Å²) in [6.45, 7) is 1.85. The molecular weight excluding hydrogens is 738 g/mol. The number of amides is 5. The molecule has 1 atom stereocenters. The number of piperidine rings is 1. The van der Waals surface area contributed by atoms with Gasteiger partial charge in [-0.05, 0) is 81.1 Å². The molecule has 1 aromatic heterocycles. The first-order valence-corrected chi connectivity index (χ1v) is 18.7. The molecule has 57 heavy (non-hydrogen) atoms. The van der Waals surface area contributed by atoms with Gasteiger partial charge in [0.25, 0.3) is 23.8 Å². The van der Waals surface area contributed by atoms with Crippen LogP contribution in [0, 0.1) is 0 Å². The maximum atomic E-state index is 13.3. The van der Waals surface area contributed by atoms with Gasteiger partial charge in [-0.25, -0.2) is 0 Å². The first-order valence-electron chi connectivity index (χ1n) is 18.7. The molecule has 3 aromatic rings. The Morgan fingerprint density at radius 1 is 0.965 bits per heavy atom. The number of fused-ring (bicyclic) bond motifs is 2. The van der Waals surface area contributed by atoms with Gasteiger partial charge in [-0.3, -0.25) is 43.8 Å². The molecule has 0 aliphatic carbocycles. The van der Waals surface area contributed by atoms with Gasteiger partial charge in [0.1, 0.15) is 17.5 Å². The molecule has 0 bridgehead atoms. The van der Waals surface area contributed by atoms with Crippen LogP contribution < -0.4 is 20.3 Å². The van der Waals surface area contributed by atoms with E-state index in [4.69, 9.17) is 24.1 Å². The first kappa shape index (κ1) is 42.3. The standard InChI is InChI=1S/C40H47N5O9.CH2O2/c1-42(2)21-30-32(52-4)19-25(20-33(30)53-5)28-22-43(3)38(49)29-23-44(16-15-26(28)29)35(47)12-8-18-54-17-7-10-24-9-6-11-27-36(24)40(51)45(39(27)50)31-13-14-34(46)41-37(31)48;2-1-3/h6,9,11,19-20,22,31H,7-8,10,12-18,21,23H2,1-5H3,(H,41,46,48);1H,(H,2,3). The van der Waals surface area contributed by atoms with E-state index in [0.29, 0.717) is 80.2 Å². The Bertz CT molecular complexity index is 2090. The van der Waals surface area contributed by atoms with Gasteiger partial charge in [0.2, 0.25) is 17.7 Å². The fourth-order valence-corrected chi connectivity index (χ4v) is 7.62. The van der Waals surface area contributed by atoms with Crippen LogP contribution in [0.15, 0.2) is 41.3 Å². The number of carbonyl (C=O) groups excluding carboxylic acids is 5. The van der Waals surface area contributed by atoms with E-state index in [1.807, 2.05) is 37.3 Å². The van der Waals surface area contributed by atoms with Crippen LogP contribution in [-0.4, -0.2) is 114 Å². The maximum Gasteiger partial charge on any atom is 0.290 e. The van der Waals surface area contributed by atoms with Crippen LogP contribution in [0.1, 0.15) is 75.1 Å². The third-order valence-corrected chi connectivity index (χ3v) is 10.3. The quantitative estimate of drug-likeness (QED) is 0.138. The minimum absolute atomic E-state index is 0.0447. The number of methoxy groups -OCH3 is 2. The SMILES string of the molecule is COc1cc(-c2cn(C)c(=O)c3c2CCN(C(=O)CCCOCCCc2cccc4c2C(=O)N(C2CCC(=O)NC2=O)C4=O)C3)cc(OC)c1CN(C)C.O=CO. The Morgan fingerprint density at radius 3 is 2.30 bits per heavy atom. The highest BCUT2D eigenvalue weighted by molar-refractivity contribution is 6.24. The van der Waals surface area contributed by atoms with E-state index in [2.05, 4.69) is 5.32 Å². The molecule has 1 unspecified atom stereocenters. The summed E-state index contributed by atoms with van der Waals surface area (Å²) in [5.41, 5.74) is 5.36. The first-order chi connectivity index (χ1) is 27.3. The van der Waals surface area contributed by atoms with Gasteiger partial charge in [-0.1, -0.05) is 12.1 Å². The predicted molar refractivity (Wildman–Crippen MR) is 207 cm³/mol. The van der Waals surface area contributed by atoms with Crippen LogP contribution in [0.4, 0.5) is 0 Å². The Kier molecular flexibility index (Phi) is 14.0. The van der Waals surface area contributed by atoms with Crippen LogP contribution in [-0.2, 0) is 56.9 Å². The molecular formula is C41H49N5O11. The number of ether oxygens (including phenoxy) is 3. The number of aromatic nitrogens is 1. The molecule has 304 valence electrons. The predicted octanol–water partition coefficient (Wildman–Crippen LogP) is 2.55. The number of nitrogens with zero attached hydrogens (tertiary/aromatic N) is 4. The second kappa shape index (κ2) is 18.8. The van der Waals surface area contributed by atoms with Gasteiger partial charge >= 0.3 is 0 Å². The average Bonchev–Trinajstić information content (AvgIpc) is 3.44. The number of hydrogen-bond donors (Lipinski definition) is 2. The number of nitrogens with one attached hydrogen (secondary N) is 1. The number of aryl methyl sites for hydroxylation is 2. The van der Waals surface area contributed by atoms with Gasteiger partial charge in [0, 0.05) is 63.5 Å². The number of benzene rings is 2. The summed E-state index contributed by atoms with van der Waals surface area (Å²) in [5, 5.41) is 9.10. The minimum atomic E-state index is -1.01. The zero-order chi connectivity index (χ0) is 41.4. The van der Waals surface area contributed by atoms with E-state index in [-0.39, 0.29) is 49.3 Å². The largest absolute Gasteiger partial charge is 0.496 e. The lowest BCUT2D eigenvalue weighted by Gasteiger charge is -2.30. The molecule has 2 aromatic carbocycles. The molecule has 6 rings (SSSR count). The Morgan fingerprint density at radius 2 is 1.65 bits per heavy atom. The van der Waals surface area contributed by atoms with Crippen molar-refractivity contribution in [3.63, 3.8) is 0 Å². The van der Waals surface area contributed by atoms with Gasteiger partial charge in [-0.2, -0.15) is 0 Å². The van der Waals surface area contributed by atoms with Gasteiger partial charge in [0.15, 0.2) is 0 Å². The lowest BCUT2D eigenvalue weighted by Crippen LogP contribution is -2.54. The van der Waals surface area contributed by atoms with Gasteiger partial charge < -0.3 is 33.7 Å². The van der Waals surface area contributed by atoms with Crippen LogP contribution >= 0.6 is 0 Å². The van der Waals surface area contributed by atoms with Crippen molar-refractivity contribution < 1.29 is 48.1 Å². The van der Waals surface area contributed by atoms with Crippen molar-refractivity contribution in [2.75, 3.05) is 48.1 Å². The van der Waals surface area contributed by atoms with Crippen molar-refractivity contribution in [1.29, 1.82) is 0 Å². The smallest absolute Gasteiger partial charge is 0.290 e. The molecule has 0 saturated carbocycles. The molecule has 1 fully saturated rings. The van der Waals surface area contributed by atoms with E-state index >= 15 is 0 Å². The molecule has 1 saturated heterocycles. The van der Waals surface area contributed by atoms with E-state index < -0.39 is 29.7 Å².